The molecule has 0 bridgehead atoms. The number of carbonyl (C=O) groups excluding carboxylic acids is 2. The Kier molecular flexibility index (Phi) is 7.00. The molecule has 23 heavy (non-hydrogen) atoms. The largest absolute Gasteiger partial charge is 0.383 e. The number of carbonyl (C=O) groups is 2. The summed E-state index contributed by atoms with van der Waals surface area (Å²) in [6, 6.07) is 3.96. The number of rotatable bonds is 8. The Morgan fingerprint density at radius 3 is 3.13 bits per heavy atom. The first-order valence-electron chi connectivity index (χ1n) is 8.14. The fraction of sp³-hybridized carbons (Fsp3) is 0.588. The quantitative estimate of drug-likeness (QED) is 0.726. The highest BCUT2D eigenvalue weighted by Gasteiger charge is 2.29. The first-order valence-corrected chi connectivity index (χ1v) is 8.14. The van der Waals surface area contributed by atoms with E-state index in [9.17, 15) is 9.59 Å². The summed E-state index contributed by atoms with van der Waals surface area (Å²) in [7, 11) is 1.61. The maximum atomic E-state index is 12.2. The van der Waals surface area contributed by atoms with Gasteiger partial charge in [0, 0.05) is 45.6 Å². The molecule has 126 valence electrons. The third-order valence-electron chi connectivity index (χ3n) is 4.10. The number of aryl methyl sites for hydroxylation is 1. The number of hydrogen-bond acceptors (Lipinski definition) is 4. The summed E-state index contributed by atoms with van der Waals surface area (Å²) in [5.74, 6) is 0.0525. The van der Waals surface area contributed by atoms with E-state index in [2.05, 4.69) is 10.3 Å². The van der Waals surface area contributed by atoms with E-state index in [1.165, 1.54) is 5.56 Å². The van der Waals surface area contributed by atoms with E-state index < -0.39 is 0 Å². The Hall–Kier alpha value is -1.95. The van der Waals surface area contributed by atoms with Gasteiger partial charge in [-0.1, -0.05) is 6.07 Å². The number of ether oxygens (including phenoxy) is 1. The Bertz CT molecular complexity index is 507. The minimum Gasteiger partial charge on any atom is -0.383 e. The highest BCUT2D eigenvalue weighted by molar-refractivity contribution is 5.83. The zero-order valence-electron chi connectivity index (χ0n) is 13.7. The summed E-state index contributed by atoms with van der Waals surface area (Å²) in [5, 5.41) is 2.99. The summed E-state index contributed by atoms with van der Waals surface area (Å²) >= 11 is 0. The molecule has 1 aliphatic heterocycles. The van der Waals surface area contributed by atoms with Gasteiger partial charge >= 0.3 is 0 Å². The van der Waals surface area contributed by atoms with Gasteiger partial charge in [0.15, 0.2) is 0 Å². The van der Waals surface area contributed by atoms with E-state index >= 15 is 0 Å². The average molecular weight is 319 g/mol. The van der Waals surface area contributed by atoms with Crippen LogP contribution in [0.15, 0.2) is 24.5 Å². The fourth-order valence-electron chi connectivity index (χ4n) is 2.74. The Morgan fingerprint density at radius 2 is 2.39 bits per heavy atom. The van der Waals surface area contributed by atoms with Crippen molar-refractivity contribution < 1.29 is 14.3 Å². The topological polar surface area (TPSA) is 71.5 Å². The van der Waals surface area contributed by atoms with Crippen molar-refractivity contribution in [3.05, 3.63) is 30.1 Å². The zero-order chi connectivity index (χ0) is 16.5. The number of nitrogens with zero attached hydrogens (tertiary/aromatic N) is 2. The van der Waals surface area contributed by atoms with Crippen molar-refractivity contribution in [3.63, 3.8) is 0 Å². The lowest BCUT2D eigenvalue weighted by atomic mass is 9.96. The number of nitrogens with one attached hydrogen (secondary N) is 1. The van der Waals surface area contributed by atoms with E-state index in [-0.39, 0.29) is 17.7 Å². The van der Waals surface area contributed by atoms with Crippen LogP contribution in [0.4, 0.5) is 0 Å². The first kappa shape index (κ1) is 17.4. The highest BCUT2D eigenvalue weighted by atomic mass is 16.5. The van der Waals surface area contributed by atoms with Gasteiger partial charge in [0.2, 0.25) is 11.8 Å². The van der Waals surface area contributed by atoms with Crippen LogP contribution in [0.5, 0.6) is 0 Å². The molecule has 0 saturated carbocycles. The Labute approximate surface area is 137 Å². The van der Waals surface area contributed by atoms with Gasteiger partial charge in [0.1, 0.15) is 0 Å². The molecule has 1 atom stereocenters. The second-order valence-electron chi connectivity index (χ2n) is 5.82. The van der Waals surface area contributed by atoms with Crippen molar-refractivity contribution >= 4 is 11.8 Å². The predicted octanol–water partition coefficient (Wildman–Crippen LogP) is 1.02. The minimum atomic E-state index is -0.108. The predicted molar refractivity (Wildman–Crippen MR) is 86.7 cm³/mol. The lowest BCUT2D eigenvalue weighted by Gasteiger charge is -2.31. The standard InChI is InChI=1S/C17H25N3O3/c1-23-11-10-20-13-15(6-7-16(20)21)17(22)19-9-3-5-14-4-2-8-18-12-14/h2,4,8,12,15H,3,5-7,9-11,13H2,1H3,(H,19,22)/t15-/m1/s1. The van der Waals surface area contributed by atoms with Crippen LogP contribution in [0.3, 0.4) is 0 Å². The molecule has 1 aliphatic rings. The van der Waals surface area contributed by atoms with Gasteiger partial charge < -0.3 is 15.0 Å². The second kappa shape index (κ2) is 9.25. The second-order valence-corrected chi connectivity index (χ2v) is 5.82. The summed E-state index contributed by atoms with van der Waals surface area (Å²) in [4.78, 5) is 29.9. The molecule has 0 unspecified atom stereocenters. The molecule has 2 heterocycles. The van der Waals surface area contributed by atoms with Crippen molar-refractivity contribution in [2.24, 2.45) is 5.92 Å². The molecule has 0 aromatic carbocycles. The molecule has 6 heteroatoms. The maximum Gasteiger partial charge on any atom is 0.224 e. The van der Waals surface area contributed by atoms with E-state index in [0.717, 1.165) is 12.8 Å². The molecule has 2 rings (SSSR count). The SMILES string of the molecule is COCCN1C[C@H](C(=O)NCCCc2cccnc2)CCC1=O. The molecule has 6 nitrogen and oxygen atoms in total. The molecular formula is C17H25N3O3. The number of aromatic nitrogens is 1. The normalized spacial score (nSPS) is 18.0. The molecule has 0 spiro atoms. The minimum absolute atomic E-state index is 0.0473. The maximum absolute atomic E-state index is 12.2. The molecule has 1 N–H and O–H groups in total. The molecule has 2 amide bonds. The van der Waals surface area contributed by atoms with Gasteiger partial charge in [-0.2, -0.15) is 0 Å². The smallest absolute Gasteiger partial charge is 0.224 e. The van der Waals surface area contributed by atoms with E-state index in [1.54, 1.807) is 18.2 Å². The monoisotopic (exact) mass is 319 g/mol. The summed E-state index contributed by atoms with van der Waals surface area (Å²) in [6.45, 7) is 2.21. The van der Waals surface area contributed by atoms with Crippen LogP contribution in [-0.2, 0) is 20.7 Å². The van der Waals surface area contributed by atoms with Crippen molar-refractivity contribution in [2.45, 2.75) is 25.7 Å². The van der Waals surface area contributed by atoms with Crippen LogP contribution in [0, 0.1) is 5.92 Å². The summed E-state index contributed by atoms with van der Waals surface area (Å²) < 4.78 is 5.01. The highest BCUT2D eigenvalue weighted by Crippen LogP contribution is 2.17. The lowest BCUT2D eigenvalue weighted by molar-refractivity contribution is -0.138. The number of amides is 2. The fourth-order valence-corrected chi connectivity index (χ4v) is 2.74. The molecule has 1 aromatic heterocycles. The molecule has 1 saturated heterocycles. The first-order chi connectivity index (χ1) is 11.2. The zero-order valence-corrected chi connectivity index (χ0v) is 13.7. The van der Waals surface area contributed by atoms with Crippen LogP contribution in [0.25, 0.3) is 0 Å². The van der Waals surface area contributed by atoms with Crippen LogP contribution in [0.2, 0.25) is 0 Å². The van der Waals surface area contributed by atoms with E-state index in [1.807, 2.05) is 18.3 Å². The van der Waals surface area contributed by atoms with Gasteiger partial charge in [0.25, 0.3) is 0 Å². The van der Waals surface area contributed by atoms with Crippen LogP contribution >= 0.6 is 0 Å². The molecule has 0 aliphatic carbocycles. The molecule has 0 radical (unpaired) electrons. The Balaban J connectivity index is 1.69. The van der Waals surface area contributed by atoms with Gasteiger partial charge in [-0.05, 0) is 30.9 Å². The van der Waals surface area contributed by atoms with Crippen LogP contribution < -0.4 is 5.32 Å². The number of pyridine rings is 1. The number of hydrogen-bond donors (Lipinski definition) is 1. The van der Waals surface area contributed by atoms with Gasteiger partial charge in [0.05, 0.1) is 12.5 Å². The molecular weight excluding hydrogens is 294 g/mol. The number of methoxy groups -OCH3 is 1. The number of piperidine rings is 1. The van der Waals surface area contributed by atoms with Crippen molar-refractivity contribution in [1.29, 1.82) is 0 Å². The van der Waals surface area contributed by atoms with Gasteiger partial charge in [-0.3, -0.25) is 14.6 Å². The van der Waals surface area contributed by atoms with E-state index in [4.69, 9.17) is 4.74 Å². The van der Waals surface area contributed by atoms with Crippen molar-refractivity contribution in [2.75, 3.05) is 33.4 Å². The number of likely N-dealkylation sites (tertiary alicyclic amines) is 1. The van der Waals surface area contributed by atoms with E-state index in [0.29, 0.717) is 39.1 Å². The van der Waals surface area contributed by atoms with Crippen molar-refractivity contribution in [1.82, 2.24) is 15.2 Å². The third kappa shape index (κ3) is 5.63. The van der Waals surface area contributed by atoms with Crippen LogP contribution in [0.1, 0.15) is 24.8 Å². The molecule has 1 aromatic rings. The lowest BCUT2D eigenvalue weighted by Crippen LogP contribution is -2.46. The third-order valence-corrected chi connectivity index (χ3v) is 4.10. The summed E-state index contributed by atoms with van der Waals surface area (Å²) in [6.07, 6.45) is 6.47. The van der Waals surface area contributed by atoms with Crippen LogP contribution in [-0.4, -0.2) is 55.0 Å². The van der Waals surface area contributed by atoms with Crippen molar-refractivity contribution in [3.8, 4) is 0 Å². The summed E-state index contributed by atoms with van der Waals surface area (Å²) in [5.41, 5.74) is 1.18. The Morgan fingerprint density at radius 1 is 1.52 bits per heavy atom. The van der Waals surface area contributed by atoms with Gasteiger partial charge in [-0.25, -0.2) is 0 Å². The molecule has 1 fully saturated rings. The van der Waals surface area contributed by atoms with Gasteiger partial charge in [-0.15, -0.1) is 0 Å². The average Bonchev–Trinajstić information content (AvgIpc) is 2.58.